The number of nitrogens with one attached hydrogen (secondary N) is 1. The van der Waals surface area contributed by atoms with Gasteiger partial charge in [0.25, 0.3) is 5.91 Å². The molecular weight excluding hydrogens is 372 g/mol. The first-order chi connectivity index (χ1) is 13.6. The average Bonchev–Trinajstić information content (AvgIpc) is 3.31. The summed E-state index contributed by atoms with van der Waals surface area (Å²) in [6.07, 6.45) is 4.50. The molecule has 142 valence electrons. The van der Waals surface area contributed by atoms with Gasteiger partial charge in [0.2, 0.25) is 5.91 Å². The fourth-order valence-corrected chi connectivity index (χ4v) is 4.19. The summed E-state index contributed by atoms with van der Waals surface area (Å²) < 4.78 is 0. The molecule has 0 fully saturated rings. The molecule has 1 aliphatic rings. The highest BCUT2D eigenvalue weighted by atomic mass is 32.1. The maximum atomic E-state index is 12.3. The van der Waals surface area contributed by atoms with E-state index in [-0.39, 0.29) is 17.9 Å². The molecule has 3 aromatic rings. The van der Waals surface area contributed by atoms with E-state index in [1.807, 2.05) is 29.3 Å². The summed E-state index contributed by atoms with van der Waals surface area (Å²) in [4.78, 5) is 34.9. The quantitative estimate of drug-likeness (QED) is 0.724. The number of anilines is 2. The van der Waals surface area contributed by atoms with Crippen molar-refractivity contribution < 1.29 is 9.59 Å². The molecule has 6 nitrogen and oxygen atoms in total. The molecule has 0 saturated heterocycles. The Kier molecular flexibility index (Phi) is 4.92. The number of aromatic nitrogens is 2. The number of carbonyl (C=O) groups is 2. The number of hydrogen-bond donors (Lipinski definition) is 1. The number of amides is 2. The zero-order valence-electron chi connectivity index (χ0n) is 15.7. The van der Waals surface area contributed by atoms with Crippen molar-refractivity contribution in [3.05, 3.63) is 59.2 Å². The lowest BCUT2D eigenvalue weighted by atomic mass is 10.1. The van der Waals surface area contributed by atoms with Crippen LogP contribution in [0.25, 0.3) is 11.3 Å². The van der Waals surface area contributed by atoms with Crippen LogP contribution in [0.4, 0.5) is 10.8 Å². The van der Waals surface area contributed by atoms with Crippen LogP contribution in [0.5, 0.6) is 0 Å². The third-order valence-electron chi connectivity index (χ3n) is 4.83. The molecule has 3 heterocycles. The molecule has 0 radical (unpaired) electrons. The molecule has 1 atom stereocenters. The fraction of sp³-hybridized carbons (Fsp3) is 0.238. The highest BCUT2D eigenvalue weighted by molar-refractivity contribution is 7.14. The fourth-order valence-electron chi connectivity index (χ4n) is 3.48. The first kappa shape index (κ1) is 18.3. The number of benzene rings is 1. The average molecular weight is 392 g/mol. The van der Waals surface area contributed by atoms with E-state index in [9.17, 15) is 9.59 Å². The predicted molar refractivity (Wildman–Crippen MR) is 111 cm³/mol. The van der Waals surface area contributed by atoms with Gasteiger partial charge in [0.05, 0.1) is 5.69 Å². The summed E-state index contributed by atoms with van der Waals surface area (Å²) in [6.45, 7) is 3.96. The van der Waals surface area contributed by atoms with Crippen molar-refractivity contribution in [2.45, 2.75) is 32.7 Å². The van der Waals surface area contributed by atoms with E-state index in [4.69, 9.17) is 0 Å². The van der Waals surface area contributed by atoms with Crippen LogP contribution in [0.3, 0.4) is 0 Å². The van der Waals surface area contributed by atoms with E-state index < -0.39 is 0 Å². The van der Waals surface area contributed by atoms with Gasteiger partial charge in [-0.25, -0.2) is 4.98 Å². The molecule has 0 bridgehead atoms. The predicted octanol–water partition coefficient (Wildman–Crippen LogP) is 4.15. The Balaban J connectivity index is 1.54. The first-order valence-electron chi connectivity index (χ1n) is 9.19. The Morgan fingerprint density at radius 1 is 1.25 bits per heavy atom. The van der Waals surface area contributed by atoms with Crippen molar-refractivity contribution in [3.63, 3.8) is 0 Å². The Hall–Kier alpha value is -3.06. The Bertz CT molecular complexity index is 1030. The van der Waals surface area contributed by atoms with Gasteiger partial charge in [0.1, 0.15) is 0 Å². The number of carbonyl (C=O) groups excluding carboxylic acids is 2. The Morgan fingerprint density at radius 3 is 2.79 bits per heavy atom. The van der Waals surface area contributed by atoms with Crippen LogP contribution in [0.15, 0.2) is 48.1 Å². The normalized spacial score (nSPS) is 15.4. The maximum absolute atomic E-state index is 12.3. The topological polar surface area (TPSA) is 75.2 Å². The van der Waals surface area contributed by atoms with Gasteiger partial charge < -0.3 is 4.90 Å². The van der Waals surface area contributed by atoms with E-state index in [0.29, 0.717) is 17.1 Å². The molecule has 2 aromatic heterocycles. The molecule has 0 saturated carbocycles. The van der Waals surface area contributed by atoms with Gasteiger partial charge >= 0.3 is 0 Å². The van der Waals surface area contributed by atoms with Crippen molar-refractivity contribution in [1.82, 2.24) is 9.97 Å². The van der Waals surface area contributed by atoms with Crippen molar-refractivity contribution in [3.8, 4) is 11.3 Å². The Labute approximate surface area is 167 Å². The zero-order valence-corrected chi connectivity index (χ0v) is 16.5. The summed E-state index contributed by atoms with van der Waals surface area (Å²) in [7, 11) is 0. The van der Waals surface area contributed by atoms with E-state index >= 15 is 0 Å². The summed E-state index contributed by atoms with van der Waals surface area (Å²) in [5, 5.41) is 5.30. The monoisotopic (exact) mass is 392 g/mol. The van der Waals surface area contributed by atoms with Crippen LogP contribution in [-0.2, 0) is 11.2 Å². The lowest BCUT2D eigenvalue weighted by molar-refractivity contribution is -0.118. The number of nitrogens with zero attached hydrogens (tertiary/aromatic N) is 3. The van der Waals surface area contributed by atoms with Gasteiger partial charge in [-0.2, -0.15) is 0 Å². The summed E-state index contributed by atoms with van der Waals surface area (Å²) in [5.74, 6) is -0.0615. The maximum Gasteiger partial charge on any atom is 0.257 e. The standard InChI is InChI=1S/C21H20N4O2S/c1-3-19(26)25-13(2)10-16-11-15(4-5-18(16)25)17-12-28-21(23-17)24-20(27)14-6-8-22-9-7-14/h4-9,11-13H,3,10H2,1-2H3,(H,23,24,27). The third kappa shape index (κ3) is 3.41. The molecule has 1 aromatic carbocycles. The van der Waals surface area contributed by atoms with Gasteiger partial charge in [-0.3, -0.25) is 19.9 Å². The molecule has 1 aliphatic heterocycles. The second kappa shape index (κ2) is 7.52. The van der Waals surface area contributed by atoms with Crippen LogP contribution in [0.2, 0.25) is 0 Å². The highest BCUT2D eigenvalue weighted by Crippen LogP contribution is 2.36. The van der Waals surface area contributed by atoms with Crippen LogP contribution in [0, 0.1) is 0 Å². The number of rotatable bonds is 4. The van der Waals surface area contributed by atoms with Gasteiger partial charge in [-0.15, -0.1) is 11.3 Å². The number of thiazole rings is 1. The van der Waals surface area contributed by atoms with E-state index in [1.54, 1.807) is 24.5 Å². The van der Waals surface area contributed by atoms with Crippen LogP contribution in [-0.4, -0.2) is 27.8 Å². The molecule has 7 heteroatoms. The largest absolute Gasteiger partial charge is 0.309 e. The lowest BCUT2D eigenvalue weighted by Gasteiger charge is -2.22. The lowest BCUT2D eigenvalue weighted by Crippen LogP contribution is -2.35. The van der Waals surface area contributed by atoms with E-state index in [1.165, 1.54) is 11.3 Å². The minimum absolute atomic E-state index is 0.147. The summed E-state index contributed by atoms with van der Waals surface area (Å²) >= 11 is 1.39. The summed E-state index contributed by atoms with van der Waals surface area (Å²) in [6, 6.07) is 9.57. The van der Waals surface area contributed by atoms with Gasteiger partial charge in [0, 0.05) is 47.1 Å². The molecule has 0 spiro atoms. The minimum atomic E-state index is -0.209. The molecular formula is C21H20N4O2S. The third-order valence-corrected chi connectivity index (χ3v) is 5.59. The van der Waals surface area contributed by atoms with Crippen LogP contribution < -0.4 is 10.2 Å². The molecule has 0 aliphatic carbocycles. The van der Waals surface area contributed by atoms with Crippen molar-refractivity contribution in [2.24, 2.45) is 0 Å². The minimum Gasteiger partial charge on any atom is -0.309 e. The van der Waals surface area contributed by atoms with E-state index in [0.717, 1.165) is 28.9 Å². The molecule has 1 unspecified atom stereocenters. The second-order valence-electron chi connectivity index (χ2n) is 6.74. The van der Waals surface area contributed by atoms with Crippen LogP contribution in [0.1, 0.15) is 36.2 Å². The molecule has 1 N–H and O–H groups in total. The molecule has 4 rings (SSSR count). The molecule has 2 amide bonds. The number of hydrogen-bond acceptors (Lipinski definition) is 5. The Morgan fingerprint density at radius 2 is 2.04 bits per heavy atom. The van der Waals surface area contributed by atoms with Crippen molar-refractivity contribution in [2.75, 3.05) is 10.2 Å². The SMILES string of the molecule is CCC(=O)N1c2ccc(-c3csc(NC(=O)c4ccncc4)n3)cc2CC1C. The summed E-state index contributed by atoms with van der Waals surface area (Å²) in [5.41, 5.74) is 4.48. The van der Waals surface area contributed by atoms with Crippen molar-refractivity contribution >= 4 is 34.0 Å². The highest BCUT2D eigenvalue weighted by Gasteiger charge is 2.30. The second-order valence-corrected chi connectivity index (χ2v) is 7.60. The van der Waals surface area contributed by atoms with Gasteiger partial charge in [0.15, 0.2) is 5.13 Å². The zero-order chi connectivity index (χ0) is 19.7. The van der Waals surface area contributed by atoms with E-state index in [2.05, 4.69) is 28.3 Å². The number of pyridine rings is 1. The van der Waals surface area contributed by atoms with Gasteiger partial charge in [-0.1, -0.05) is 13.0 Å². The smallest absolute Gasteiger partial charge is 0.257 e. The van der Waals surface area contributed by atoms with Crippen LogP contribution >= 0.6 is 11.3 Å². The van der Waals surface area contributed by atoms with Crippen molar-refractivity contribution in [1.29, 1.82) is 0 Å². The first-order valence-corrected chi connectivity index (χ1v) is 10.1. The molecule has 28 heavy (non-hydrogen) atoms. The van der Waals surface area contributed by atoms with Gasteiger partial charge in [-0.05, 0) is 43.2 Å². The number of fused-ring (bicyclic) bond motifs is 1.